The van der Waals surface area contributed by atoms with Gasteiger partial charge in [0.2, 0.25) is 0 Å². The van der Waals surface area contributed by atoms with Crippen LogP contribution < -0.4 is 4.74 Å². The maximum atomic E-state index is 10.7. The number of rotatable bonds is 3. The van der Waals surface area contributed by atoms with E-state index < -0.39 is 0 Å². The maximum absolute atomic E-state index is 10.7. The standard InChI is InChI=1S/C13H12O2S/c1-10(14)15-12-6-4-11(5-7-12)9-13-3-2-8-16-13/h2-8H,9H2,1H3. The molecule has 2 nitrogen and oxygen atoms in total. The largest absolute Gasteiger partial charge is 0.427 e. The summed E-state index contributed by atoms with van der Waals surface area (Å²) in [5.41, 5.74) is 1.22. The van der Waals surface area contributed by atoms with E-state index in [4.69, 9.17) is 4.74 Å². The Hall–Kier alpha value is -1.61. The average Bonchev–Trinajstić information content (AvgIpc) is 2.73. The van der Waals surface area contributed by atoms with Crippen LogP contribution in [0.2, 0.25) is 0 Å². The number of carbonyl (C=O) groups is 1. The van der Waals surface area contributed by atoms with Crippen LogP contribution in [0.3, 0.4) is 0 Å². The second-order valence-corrected chi connectivity index (χ2v) is 4.53. The fourth-order valence-corrected chi connectivity index (χ4v) is 2.19. The maximum Gasteiger partial charge on any atom is 0.308 e. The van der Waals surface area contributed by atoms with Crippen molar-refractivity contribution in [3.8, 4) is 5.75 Å². The molecule has 0 saturated heterocycles. The first-order valence-electron chi connectivity index (χ1n) is 5.04. The summed E-state index contributed by atoms with van der Waals surface area (Å²) >= 11 is 1.75. The van der Waals surface area contributed by atoms with E-state index in [0.29, 0.717) is 5.75 Å². The highest BCUT2D eigenvalue weighted by atomic mass is 32.1. The van der Waals surface area contributed by atoms with Crippen LogP contribution in [0.4, 0.5) is 0 Å². The highest BCUT2D eigenvalue weighted by molar-refractivity contribution is 7.09. The quantitative estimate of drug-likeness (QED) is 0.599. The summed E-state index contributed by atoms with van der Waals surface area (Å²) in [5.74, 6) is 0.313. The number of hydrogen-bond donors (Lipinski definition) is 0. The van der Waals surface area contributed by atoms with Gasteiger partial charge in [-0.1, -0.05) is 18.2 Å². The van der Waals surface area contributed by atoms with Gasteiger partial charge in [0, 0.05) is 18.2 Å². The molecule has 0 unspecified atom stereocenters. The SMILES string of the molecule is CC(=O)Oc1ccc(Cc2cccs2)cc1. The number of thiophene rings is 1. The third-order valence-corrected chi connectivity index (χ3v) is 3.02. The van der Waals surface area contributed by atoms with E-state index >= 15 is 0 Å². The molecule has 82 valence electrons. The molecule has 0 bridgehead atoms. The number of hydrogen-bond acceptors (Lipinski definition) is 3. The molecule has 0 aliphatic heterocycles. The summed E-state index contributed by atoms with van der Waals surface area (Å²) in [6, 6.07) is 11.8. The zero-order chi connectivity index (χ0) is 11.4. The van der Waals surface area contributed by atoms with E-state index in [1.807, 2.05) is 30.3 Å². The van der Waals surface area contributed by atoms with Crippen molar-refractivity contribution in [1.29, 1.82) is 0 Å². The lowest BCUT2D eigenvalue weighted by Gasteiger charge is -2.02. The molecular weight excluding hydrogens is 220 g/mol. The van der Waals surface area contributed by atoms with E-state index in [1.165, 1.54) is 17.4 Å². The molecule has 0 aliphatic carbocycles. The van der Waals surface area contributed by atoms with Crippen molar-refractivity contribution in [3.05, 3.63) is 52.2 Å². The van der Waals surface area contributed by atoms with Gasteiger partial charge in [-0.05, 0) is 29.1 Å². The highest BCUT2D eigenvalue weighted by Crippen LogP contribution is 2.17. The summed E-state index contributed by atoms with van der Waals surface area (Å²) in [4.78, 5) is 12.1. The van der Waals surface area contributed by atoms with E-state index in [0.717, 1.165) is 6.42 Å². The van der Waals surface area contributed by atoms with Gasteiger partial charge >= 0.3 is 5.97 Å². The molecular formula is C13H12O2S. The minimum absolute atomic E-state index is 0.286. The summed E-state index contributed by atoms with van der Waals surface area (Å²) in [7, 11) is 0. The van der Waals surface area contributed by atoms with Crippen LogP contribution in [0.1, 0.15) is 17.4 Å². The van der Waals surface area contributed by atoms with E-state index in [1.54, 1.807) is 11.3 Å². The predicted octanol–water partition coefficient (Wildman–Crippen LogP) is 3.26. The predicted molar refractivity (Wildman–Crippen MR) is 64.9 cm³/mol. The Labute approximate surface area is 98.5 Å². The summed E-state index contributed by atoms with van der Waals surface area (Å²) in [6.07, 6.45) is 0.929. The molecule has 2 aromatic rings. The van der Waals surface area contributed by atoms with Gasteiger partial charge in [-0.2, -0.15) is 0 Å². The minimum atomic E-state index is -0.286. The number of carbonyl (C=O) groups excluding carboxylic acids is 1. The summed E-state index contributed by atoms with van der Waals surface area (Å²) in [6.45, 7) is 1.40. The molecule has 1 heterocycles. The molecule has 0 radical (unpaired) electrons. The lowest BCUT2D eigenvalue weighted by Crippen LogP contribution is -2.01. The van der Waals surface area contributed by atoms with Gasteiger partial charge in [0.1, 0.15) is 5.75 Å². The van der Waals surface area contributed by atoms with Crippen LogP contribution in [-0.4, -0.2) is 5.97 Å². The average molecular weight is 232 g/mol. The minimum Gasteiger partial charge on any atom is -0.427 e. The first-order valence-corrected chi connectivity index (χ1v) is 5.92. The molecule has 0 saturated carbocycles. The monoisotopic (exact) mass is 232 g/mol. The Morgan fingerprint density at radius 1 is 1.25 bits per heavy atom. The van der Waals surface area contributed by atoms with Crippen LogP contribution in [-0.2, 0) is 11.2 Å². The molecule has 1 aromatic carbocycles. The van der Waals surface area contributed by atoms with Crippen LogP contribution in [0.25, 0.3) is 0 Å². The first-order chi connectivity index (χ1) is 7.74. The Morgan fingerprint density at radius 3 is 2.56 bits per heavy atom. The van der Waals surface area contributed by atoms with Crippen LogP contribution in [0.15, 0.2) is 41.8 Å². The third kappa shape index (κ3) is 2.94. The van der Waals surface area contributed by atoms with Crippen LogP contribution in [0.5, 0.6) is 5.75 Å². The lowest BCUT2D eigenvalue weighted by molar-refractivity contribution is -0.131. The lowest BCUT2D eigenvalue weighted by atomic mass is 10.1. The summed E-state index contributed by atoms with van der Waals surface area (Å²) in [5, 5.41) is 2.07. The van der Waals surface area contributed by atoms with Crippen molar-refractivity contribution in [2.75, 3.05) is 0 Å². The molecule has 2 rings (SSSR count). The topological polar surface area (TPSA) is 26.3 Å². The fourth-order valence-electron chi connectivity index (χ4n) is 1.46. The van der Waals surface area contributed by atoms with Crippen molar-refractivity contribution < 1.29 is 9.53 Å². The Morgan fingerprint density at radius 2 is 2.00 bits per heavy atom. The third-order valence-electron chi connectivity index (χ3n) is 2.14. The first kappa shape index (κ1) is 10.9. The Kier molecular flexibility index (Phi) is 3.37. The van der Waals surface area contributed by atoms with Crippen LogP contribution >= 0.6 is 11.3 Å². The zero-order valence-corrected chi connectivity index (χ0v) is 9.79. The number of esters is 1. The molecule has 0 N–H and O–H groups in total. The molecule has 0 fully saturated rings. The Bertz CT molecular complexity index is 457. The van der Waals surface area contributed by atoms with Crippen LogP contribution in [0, 0.1) is 0 Å². The van der Waals surface area contributed by atoms with E-state index in [9.17, 15) is 4.79 Å². The molecule has 0 atom stereocenters. The van der Waals surface area contributed by atoms with Gasteiger partial charge in [-0.25, -0.2) is 0 Å². The van der Waals surface area contributed by atoms with Crippen molar-refractivity contribution in [2.24, 2.45) is 0 Å². The van der Waals surface area contributed by atoms with Gasteiger partial charge in [-0.3, -0.25) is 4.79 Å². The van der Waals surface area contributed by atoms with Crippen molar-refractivity contribution in [3.63, 3.8) is 0 Å². The number of benzene rings is 1. The zero-order valence-electron chi connectivity index (χ0n) is 8.97. The molecule has 16 heavy (non-hydrogen) atoms. The molecule has 0 amide bonds. The number of ether oxygens (including phenoxy) is 1. The van der Waals surface area contributed by atoms with Gasteiger partial charge in [0.05, 0.1) is 0 Å². The van der Waals surface area contributed by atoms with Crippen molar-refractivity contribution >= 4 is 17.3 Å². The molecule has 0 spiro atoms. The van der Waals surface area contributed by atoms with E-state index in [-0.39, 0.29) is 5.97 Å². The second-order valence-electron chi connectivity index (χ2n) is 3.49. The van der Waals surface area contributed by atoms with Gasteiger partial charge in [0.25, 0.3) is 0 Å². The molecule has 1 aromatic heterocycles. The fraction of sp³-hybridized carbons (Fsp3) is 0.154. The normalized spacial score (nSPS) is 10.1. The van der Waals surface area contributed by atoms with Gasteiger partial charge in [-0.15, -0.1) is 11.3 Å². The van der Waals surface area contributed by atoms with Gasteiger partial charge < -0.3 is 4.74 Å². The molecule has 0 aliphatic rings. The van der Waals surface area contributed by atoms with Crippen molar-refractivity contribution in [1.82, 2.24) is 0 Å². The van der Waals surface area contributed by atoms with Gasteiger partial charge in [0.15, 0.2) is 0 Å². The highest BCUT2D eigenvalue weighted by Gasteiger charge is 2.00. The van der Waals surface area contributed by atoms with Crippen molar-refractivity contribution in [2.45, 2.75) is 13.3 Å². The molecule has 3 heteroatoms. The Balaban J connectivity index is 2.05. The van der Waals surface area contributed by atoms with E-state index in [2.05, 4.69) is 11.4 Å². The summed E-state index contributed by atoms with van der Waals surface area (Å²) < 4.78 is 4.97. The smallest absolute Gasteiger partial charge is 0.308 e. The second kappa shape index (κ2) is 4.94.